The SMILES string of the molecule is CCS(=O)(=O)c1ccc(CC2(CO)CCC2)cc1. The van der Waals surface area contributed by atoms with Crippen LogP contribution < -0.4 is 0 Å². The van der Waals surface area contributed by atoms with E-state index in [2.05, 4.69) is 0 Å². The van der Waals surface area contributed by atoms with Crippen molar-refractivity contribution >= 4 is 9.84 Å². The molecular formula is C14H20O3S. The Hall–Kier alpha value is -0.870. The van der Waals surface area contributed by atoms with Crippen LogP contribution in [0.4, 0.5) is 0 Å². The molecule has 2 rings (SSSR count). The molecule has 1 aliphatic rings. The number of aliphatic hydroxyl groups is 1. The Labute approximate surface area is 109 Å². The average Bonchev–Trinajstić information content (AvgIpc) is 2.34. The van der Waals surface area contributed by atoms with E-state index < -0.39 is 9.84 Å². The van der Waals surface area contributed by atoms with Gasteiger partial charge in [0, 0.05) is 6.61 Å². The topological polar surface area (TPSA) is 54.4 Å². The van der Waals surface area contributed by atoms with Crippen LogP contribution in [-0.2, 0) is 16.3 Å². The summed E-state index contributed by atoms with van der Waals surface area (Å²) in [5, 5.41) is 9.42. The van der Waals surface area contributed by atoms with Crippen LogP contribution >= 0.6 is 0 Å². The maximum absolute atomic E-state index is 11.7. The quantitative estimate of drug-likeness (QED) is 0.890. The van der Waals surface area contributed by atoms with Crippen LogP contribution in [0, 0.1) is 5.41 Å². The van der Waals surface area contributed by atoms with Gasteiger partial charge in [-0.3, -0.25) is 0 Å². The second-order valence-electron chi connectivity index (χ2n) is 5.24. The van der Waals surface area contributed by atoms with Crippen LogP contribution in [0.1, 0.15) is 31.7 Å². The van der Waals surface area contributed by atoms with E-state index in [1.807, 2.05) is 12.1 Å². The van der Waals surface area contributed by atoms with E-state index in [0.29, 0.717) is 4.90 Å². The molecule has 18 heavy (non-hydrogen) atoms. The molecule has 0 aromatic heterocycles. The predicted molar refractivity (Wildman–Crippen MR) is 71.2 cm³/mol. The zero-order chi connectivity index (χ0) is 13.2. The minimum atomic E-state index is -3.11. The normalized spacial score (nSPS) is 18.3. The fraction of sp³-hybridized carbons (Fsp3) is 0.571. The number of hydrogen-bond acceptors (Lipinski definition) is 3. The van der Waals surface area contributed by atoms with Crippen molar-refractivity contribution in [1.82, 2.24) is 0 Å². The van der Waals surface area contributed by atoms with Gasteiger partial charge in [-0.2, -0.15) is 0 Å². The second kappa shape index (κ2) is 5.02. The van der Waals surface area contributed by atoms with Crippen molar-refractivity contribution in [2.75, 3.05) is 12.4 Å². The van der Waals surface area contributed by atoms with Crippen LogP contribution in [0.5, 0.6) is 0 Å². The molecule has 1 saturated carbocycles. The lowest BCUT2D eigenvalue weighted by Crippen LogP contribution is -2.35. The van der Waals surface area contributed by atoms with Gasteiger partial charge in [0.25, 0.3) is 0 Å². The Morgan fingerprint density at radius 3 is 2.22 bits per heavy atom. The Morgan fingerprint density at radius 2 is 1.83 bits per heavy atom. The molecule has 0 heterocycles. The van der Waals surface area contributed by atoms with Crippen molar-refractivity contribution in [1.29, 1.82) is 0 Å². The van der Waals surface area contributed by atoms with Crippen molar-refractivity contribution < 1.29 is 13.5 Å². The number of hydrogen-bond donors (Lipinski definition) is 1. The lowest BCUT2D eigenvalue weighted by molar-refractivity contribution is 0.0450. The van der Waals surface area contributed by atoms with Gasteiger partial charge in [-0.15, -0.1) is 0 Å². The molecule has 100 valence electrons. The van der Waals surface area contributed by atoms with Crippen LogP contribution in [0.25, 0.3) is 0 Å². The molecule has 1 aromatic rings. The highest BCUT2D eigenvalue weighted by Gasteiger charge is 2.36. The summed E-state index contributed by atoms with van der Waals surface area (Å²) in [6.07, 6.45) is 4.16. The lowest BCUT2D eigenvalue weighted by atomic mass is 9.66. The summed E-state index contributed by atoms with van der Waals surface area (Å²) in [7, 11) is -3.11. The van der Waals surface area contributed by atoms with E-state index in [4.69, 9.17) is 0 Å². The van der Waals surface area contributed by atoms with Crippen LogP contribution in [-0.4, -0.2) is 25.9 Å². The number of benzene rings is 1. The molecule has 1 N–H and O–H groups in total. The first-order valence-corrected chi connectivity index (χ1v) is 8.09. The van der Waals surface area contributed by atoms with E-state index in [-0.39, 0.29) is 17.8 Å². The second-order valence-corrected chi connectivity index (χ2v) is 7.51. The Bertz CT molecular complexity index is 493. The molecular weight excluding hydrogens is 248 g/mol. The minimum absolute atomic E-state index is 0.0468. The Morgan fingerprint density at radius 1 is 1.22 bits per heavy atom. The smallest absolute Gasteiger partial charge is 0.178 e. The largest absolute Gasteiger partial charge is 0.396 e. The van der Waals surface area contributed by atoms with Crippen LogP contribution in [0.2, 0.25) is 0 Å². The van der Waals surface area contributed by atoms with Gasteiger partial charge in [0.05, 0.1) is 10.6 Å². The molecule has 0 atom stereocenters. The molecule has 0 amide bonds. The Balaban J connectivity index is 2.13. The molecule has 0 saturated heterocycles. The van der Waals surface area contributed by atoms with Gasteiger partial charge in [-0.1, -0.05) is 25.5 Å². The summed E-state index contributed by atoms with van der Waals surface area (Å²) in [5.74, 6) is 0.132. The van der Waals surface area contributed by atoms with Gasteiger partial charge in [0.15, 0.2) is 9.84 Å². The van der Waals surface area contributed by atoms with E-state index in [1.165, 1.54) is 6.42 Å². The van der Waals surface area contributed by atoms with Gasteiger partial charge in [0.2, 0.25) is 0 Å². The summed E-state index contributed by atoms with van der Waals surface area (Å²) in [5.41, 5.74) is 1.16. The monoisotopic (exact) mass is 268 g/mol. The van der Waals surface area contributed by atoms with E-state index in [0.717, 1.165) is 24.8 Å². The Kier molecular flexibility index (Phi) is 3.78. The summed E-state index contributed by atoms with van der Waals surface area (Å²) in [6, 6.07) is 7.10. The average molecular weight is 268 g/mol. The van der Waals surface area contributed by atoms with Gasteiger partial charge >= 0.3 is 0 Å². The third kappa shape index (κ3) is 2.59. The fourth-order valence-corrected chi connectivity index (χ4v) is 3.37. The molecule has 1 aromatic carbocycles. The van der Waals surface area contributed by atoms with Crippen molar-refractivity contribution in [2.24, 2.45) is 5.41 Å². The molecule has 1 fully saturated rings. The molecule has 3 nitrogen and oxygen atoms in total. The predicted octanol–water partition coefficient (Wildman–Crippen LogP) is 2.19. The highest BCUT2D eigenvalue weighted by atomic mass is 32.2. The van der Waals surface area contributed by atoms with Crippen molar-refractivity contribution in [2.45, 2.75) is 37.5 Å². The number of rotatable bonds is 5. The van der Waals surface area contributed by atoms with Crippen molar-refractivity contribution in [3.05, 3.63) is 29.8 Å². The standard InChI is InChI=1S/C14H20O3S/c1-2-18(16,17)13-6-4-12(5-7-13)10-14(11-15)8-3-9-14/h4-7,15H,2-3,8-11H2,1H3. The maximum Gasteiger partial charge on any atom is 0.178 e. The first-order chi connectivity index (χ1) is 8.51. The highest BCUT2D eigenvalue weighted by molar-refractivity contribution is 7.91. The van der Waals surface area contributed by atoms with E-state index in [1.54, 1.807) is 19.1 Å². The summed E-state index contributed by atoms with van der Waals surface area (Å²) in [6.45, 7) is 1.88. The number of sulfone groups is 1. The third-order valence-corrected chi connectivity index (χ3v) is 5.74. The zero-order valence-electron chi connectivity index (χ0n) is 10.7. The summed E-state index contributed by atoms with van der Waals surface area (Å²) in [4.78, 5) is 0.389. The van der Waals surface area contributed by atoms with Crippen LogP contribution in [0.3, 0.4) is 0 Å². The molecule has 0 aliphatic heterocycles. The molecule has 0 bridgehead atoms. The van der Waals surface area contributed by atoms with E-state index in [9.17, 15) is 13.5 Å². The van der Waals surface area contributed by atoms with E-state index >= 15 is 0 Å². The van der Waals surface area contributed by atoms with Crippen LogP contribution in [0.15, 0.2) is 29.2 Å². The molecule has 0 spiro atoms. The zero-order valence-corrected chi connectivity index (χ0v) is 11.5. The summed E-state index contributed by atoms with van der Waals surface area (Å²) >= 11 is 0. The van der Waals surface area contributed by atoms with Gasteiger partial charge < -0.3 is 5.11 Å². The first-order valence-electron chi connectivity index (χ1n) is 6.44. The molecule has 4 heteroatoms. The molecule has 0 radical (unpaired) electrons. The van der Waals surface area contributed by atoms with Gasteiger partial charge in [0.1, 0.15) is 0 Å². The first kappa shape index (κ1) is 13.6. The molecule has 1 aliphatic carbocycles. The van der Waals surface area contributed by atoms with Gasteiger partial charge in [-0.25, -0.2) is 8.42 Å². The summed E-state index contributed by atoms with van der Waals surface area (Å²) < 4.78 is 23.4. The number of aliphatic hydroxyl groups excluding tert-OH is 1. The lowest BCUT2D eigenvalue weighted by Gasteiger charge is -2.40. The van der Waals surface area contributed by atoms with Crippen molar-refractivity contribution in [3.63, 3.8) is 0 Å². The van der Waals surface area contributed by atoms with Gasteiger partial charge in [-0.05, 0) is 42.4 Å². The third-order valence-electron chi connectivity index (χ3n) is 3.99. The highest BCUT2D eigenvalue weighted by Crippen LogP contribution is 2.43. The minimum Gasteiger partial charge on any atom is -0.396 e. The maximum atomic E-state index is 11.7. The van der Waals surface area contributed by atoms with Crippen molar-refractivity contribution in [3.8, 4) is 0 Å². The fourth-order valence-electron chi connectivity index (χ4n) is 2.48. The molecule has 0 unspecified atom stereocenters.